The topological polar surface area (TPSA) is 49.6 Å². The van der Waals surface area contributed by atoms with Crippen molar-refractivity contribution in [2.24, 2.45) is 5.73 Å². The molecule has 0 aromatic heterocycles. The van der Waals surface area contributed by atoms with Crippen molar-refractivity contribution in [3.63, 3.8) is 0 Å². The van der Waals surface area contributed by atoms with Crippen LogP contribution in [-0.2, 0) is 11.3 Å². The summed E-state index contributed by atoms with van der Waals surface area (Å²) in [6, 6.07) is 20.5. The summed E-state index contributed by atoms with van der Waals surface area (Å²) < 4.78 is 0. The predicted molar refractivity (Wildman–Crippen MR) is 96.5 cm³/mol. The zero-order valence-electron chi connectivity index (χ0n) is 14.1. The Balaban J connectivity index is 1.55. The van der Waals surface area contributed by atoms with Gasteiger partial charge in [0.1, 0.15) is 0 Å². The number of nitrogens with two attached hydrogens (primary N) is 1. The van der Waals surface area contributed by atoms with Gasteiger partial charge >= 0.3 is 0 Å². The van der Waals surface area contributed by atoms with E-state index in [4.69, 9.17) is 5.73 Å². The number of likely N-dealkylation sites (tertiary alicyclic amines) is 1. The number of carbonyl (C=O) groups excluding carboxylic acids is 1. The maximum Gasteiger partial charge on any atom is 0.236 e. The Morgan fingerprint density at radius 1 is 1.08 bits per heavy atom. The molecule has 24 heavy (non-hydrogen) atoms. The highest BCUT2D eigenvalue weighted by molar-refractivity contribution is 5.78. The van der Waals surface area contributed by atoms with Crippen molar-refractivity contribution >= 4 is 5.91 Å². The van der Waals surface area contributed by atoms with E-state index in [0.717, 1.165) is 18.7 Å². The van der Waals surface area contributed by atoms with Gasteiger partial charge < -0.3 is 10.6 Å². The highest BCUT2D eigenvalue weighted by atomic mass is 16.2. The Labute approximate surface area is 143 Å². The van der Waals surface area contributed by atoms with E-state index in [-0.39, 0.29) is 11.9 Å². The standard InChI is InChI=1S/C20H25N3O/c1-22(12-16-8-4-2-5-9-16)20(24)15-23-13-18(19(21)14-23)17-10-6-3-7-11-17/h2-11,18-19H,12-15,21H2,1H3. The number of nitrogens with zero attached hydrogens (tertiary/aromatic N) is 2. The van der Waals surface area contributed by atoms with Gasteiger partial charge in [-0.3, -0.25) is 9.69 Å². The van der Waals surface area contributed by atoms with E-state index in [9.17, 15) is 4.79 Å². The molecule has 2 unspecified atom stereocenters. The average molecular weight is 323 g/mol. The third kappa shape index (κ3) is 4.02. The van der Waals surface area contributed by atoms with Crippen LogP contribution in [0.4, 0.5) is 0 Å². The summed E-state index contributed by atoms with van der Waals surface area (Å²) in [7, 11) is 1.86. The zero-order valence-corrected chi connectivity index (χ0v) is 14.1. The maximum absolute atomic E-state index is 12.5. The fourth-order valence-electron chi connectivity index (χ4n) is 3.35. The van der Waals surface area contributed by atoms with Crippen LogP contribution in [0.5, 0.6) is 0 Å². The van der Waals surface area contributed by atoms with Crippen LogP contribution in [0.25, 0.3) is 0 Å². The van der Waals surface area contributed by atoms with Gasteiger partial charge in [0, 0.05) is 38.6 Å². The number of rotatable bonds is 5. The molecule has 4 nitrogen and oxygen atoms in total. The number of carbonyl (C=O) groups is 1. The first-order valence-corrected chi connectivity index (χ1v) is 8.44. The Bertz CT molecular complexity index is 659. The minimum atomic E-state index is 0.0830. The van der Waals surface area contributed by atoms with Gasteiger partial charge in [0.25, 0.3) is 0 Å². The first kappa shape index (κ1) is 16.7. The second-order valence-corrected chi connectivity index (χ2v) is 6.61. The molecule has 0 bridgehead atoms. The molecule has 1 aliphatic heterocycles. The summed E-state index contributed by atoms with van der Waals surface area (Å²) >= 11 is 0. The molecule has 1 heterocycles. The van der Waals surface area contributed by atoms with Crippen LogP contribution in [0, 0.1) is 0 Å². The molecule has 0 radical (unpaired) electrons. The molecule has 2 aromatic rings. The van der Waals surface area contributed by atoms with Gasteiger partial charge in [-0.2, -0.15) is 0 Å². The molecule has 2 N–H and O–H groups in total. The van der Waals surface area contributed by atoms with Crippen LogP contribution in [0.1, 0.15) is 17.0 Å². The largest absolute Gasteiger partial charge is 0.340 e. The van der Waals surface area contributed by atoms with E-state index in [1.807, 2.05) is 55.6 Å². The fourth-order valence-corrected chi connectivity index (χ4v) is 3.35. The quantitative estimate of drug-likeness (QED) is 0.916. The molecule has 1 fully saturated rings. The van der Waals surface area contributed by atoms with Crippen LogP contribution in [-0.4, -0.2) is 48.4 Å². The first-order valence-electron chi connectivity index (χ1n) is 8.44. The summed E-state index contributed by atoms with van der Waals surface area (Å²) in [5, 5.41) is 0. The van der Waals surface area contributed by atoms with Crippen LogP contribution >= 0.6 is 0 Å². The smallest absolute Gasteiger partial charge is 0.236 e. The molecular weight excluding hydrogens is 298 g/mol. The lowest BCUT2D eigenvalue weighted by Gasteiger charge is -2.21. The van der Waals surface area contributed by atoms with Crippen molar-refractivity contribution < 1.29 is 4.79 Å². The molecule has 126 valence electrons. The summed E-state index contributed by atoms with van der Waals surface area (Å²) in [5.41, 5.74) is 8.72. The maximum atomic E-state index is 12.5. The molecule has 1 amide bonds. The van der Waals surface area contributed by atoms with Gasteiger partial charge in [-0.25, -0.2) is 0 Å². The van der Waals surface area contributed by atoms with E-state index < -0.39 is 0 Å². The third-order valence-electron chi connectivity index (χ3n) is 4.72. The van der Waals surface area contributed by atoms with Crippen LogP contribution in [0.3, 0.4) is 0 Å². The van der Waals surface area contributed by atoms with Crippen molar-refractivity contribution in [3.8, 4) is 0 Å². The number of hydrogen-bond acceptors (Lipinski definition) is 3. The number of amides is 1. The lowest BCUT2D eigenvalue weighted by Crippen LogP contribution is -2.38. The molecule has 0 spiro atoms. The molecule has 4 heteroatoms. The minimum absolute atomic E-state index is 0.0830. The van der Waals surface area contributed by atoms with Crippen LogP contribution in [0.2, 0.25) is 0 Å². The summed E-state index contributed by atoms with van der Waals surface area (Å²) in [6.45, 7) is 2.68. The number of hydrogen-bond donors (Lipinski definition) is 1. The van der Waals surface area contributed by atoms with Crippen LogP contribution < -0.4 is 5.73 Å². The molecule has 1 saturated heterocycles. The van der Waals surface area contributed by atoms with E-state index in [2.05, 4.69) is 17.0 Å². The first-order chi connectivity index (χ1) is 11.6. The molecule has 1 aliphatic rings. The summed E-state index contributed by atoms with van der Waals surface area (Å²) in [6.07, 6.45) is 0. The predicted octanol–water partition coefficient (Wildman–Crippen LogP) is 2.07. The molecule has 0 aliphatic carbocycles. The number of benzene rings is 2. The van der Waals surface area contributed by atoms with E-state index in [1.54, 1.807) is 4.90 Å². The van der Waals surface area contributed by atoms with Gasteiger partial charge in [-0.05, 0) is 11.1 Å². The second-order valence-electron chi connectivity index (χ2n) is 6.61. The SMILES string of the molecule is CN(Cc1ccccc1)C(=O)CN1CC(N)C(c2ccccc2)C1. The molecule has 0 saturated carbocycles. The number of likely N-dealkylation sites (N-methyl/N-ethyl adjacent to an activating group) is 1. The van der Waals surface area contributed by atoms with Gasteiger partial charge in [-0.1, -0.05) is 60.7 Å². The van der Waals surface area contributed by atoms with Gasteiger partial charge in [0.15, 0.2) is 0 Å². The fraction of sp³-hybridized carbons (Fsp3) is 0.350. The van der Waals surface area contributed by atoms with Crippen molar-refractivity contribution in [3.05, 3.63) is 71.8 Å². The van der Waals surface area contributed by atoms with Crippen molar-refractivity contribution in [1.29, 1.82) is 0 Å². The summed E-state index contributed by atoms with van der Waals surface area (Å²) in [4.78, 5) is 16.5. The van der Waals surface area contributed by atoms with E-state index >= 15 is 0 Å². The van der Waals surface area contributed by atoms with Crippen molar-refractivity contribution in [1.82, 2.24) is 9.80 Å². The summed E-state index contributed by atoms with van der Waals surface area (Å²) in [5.74, 6) is 0.443. The highest BCUT2D eigenvalue weighted by Gasteiger charge is 2.32. The molecular formula is C20H25N3O. The molecule has 3 rings (SSSR count). The van der Waals surface area contributed by atoms with Gasteiger partial charge in [0.2, 0.25) is 5.91 Å². The Kier molecular flexibility index (Phi) is 5.28. The minimum Gasteiger partial charge on any atom is -0.340 e. The van der Waals surface area contributed by atoms with Crippen LogP contribution in [0.15, 0.2) is 60.7 Å². The second kappa shape index (κ2) is 7.60. The monoisotopic (exact) mass is 323 g/mol. The Morgan fingerprint density at radius 3 is 2.38 bits per heavy atom. The van der Waals surface area contributed by atoms with Crippen molar-refractivity contribution in [2.75, 3.05) is 26.7 Å². The van der Waals surface area contributed by atoms with Crippen molar-refractivity contribution in [2.45, 2.75) is 18.5 Å². The van der Waals surface area contributed by atoms with E-state index in [1.165, 1.54) is 5.56 Å². The lowest BCUT2D eigenvalue weighted by molar-refractivity contribution is -0.131. The lowest BCUT2D eigenvalue weighted by atomic mass is 9.95. The average Bonchev–Trinajstić information content (AvgIpc) is 2.97. The Morgan fingerprint density at radius 2 is 1.71 bits per heavy atom. The van der Waals surface area contributed by atoms with E-state index in [0.29, 0.717) is 19.0 Å². The molecule has 2 aromatic carbocycles. The third-order valence-corrected chi connectivity index (χ3v) is 4.72. The molecule has 2 atom stereocenters. The van der Waals surface area contributed by atoms with Gasteiger partial charge in [0.05, 0.1) is 6.54 Å². The van der Waals surface area contributed by atoms with Gasteiger partial charge in [-0.15, -0.1) is 0 Å². The normalized spacial score (nSPS) is 20.9. The Hall–Kier alpha value is -2.17. The highest BCUT2D eigenvalue weighted by Crippen LogP contribution is 2.26. The zero-order chi connectivity index (χ0) is 16.9.